The van der Waals surface area contributed by atoms with E-state index in [0.717, 1.165) is 0 Å². The molecule has 0 heterocycles. The first kappa shape index (κ1) is 22.8. The van der Waals surface area contributed by atoms with Gasteiger partial charge in [0.05, 0.1) is 5.56 Å². The molecule has 2 aromatic carbocycles. The van der Waals surface area contributed by atoms with Crippen LogP contribution < -0.4 is 10.1 Å². The third kappa shape index (κ3) is 3.92. The van der Waals surface area contributed by atoms with E-state index in [1.807, 2.05) is 58.0 Å². The summed E-state index contributed by atoms with van der Waals surface area (Å²) in [5, 5.41) is 12.2. The number of amides is 1. The predicted molar refractivity (Wildman–Crippen MR) is 120 cm³/mol. The van der Waals surface area contributed by atoms with Crippen LogP contribution in [0.4, 0.5) is 4.39 Å². The number of hydrogen-bond acceptors (Lipinski definition) is 3. The normalized spacial score (nSPS) is 21.2. The molecular formula is C26H31FN2O2. The second kappa shape index (κ2) is 8.00. The van der Waals surface area contributed by atoms with E-state index in [-0.39, 0.29) is 34.4 Å². The van der Waals surface area contributed by atoms with Crippen molar-refractivity contribution in [3.63, 3.8) is 0 Å². The minimum atomic E-state index is -0.551. The zero-order valence-corrected chi connectivity index (χ0v) is 19.3. The van der Waals surface area contributed by atoms with Crippen molar-refractivity contribution in [2.45, 2.75) is 66.5 Å². The molecule has 4 nitrogen and oxygen atoms in total. The van der Waals surface area contributed by atoms with Crippen molar-refractivity contribution >= 4 is 5.91 Å². The quantitative estimate of drug-likeness (QED) is 0.668. The van der Waals surface area contributed by atoms with Crippen molar-refractivity contribution in [2.75, 3.05) is 0 Å². The standard InChI is InChI=1S/C26H31FN2O2/c1-15(2)17-8-10-18(11-9-17)22(30)29-23-25(4,5)24(26(23,6)7)31-20-13-12-19(14-28)21(27)16(20)3/h8-13,15,23-24H,1-7H3,(H,29,30)/t23-,24-. The Morgan fingerprint density at radius 3 is 2.19 bits per heavy atom. The Balaban J connectivity index is 1.77. The van der Waals surface area contributed by atoms with Crippen LogP contribution in [0.2, 0.25) is 0 Å². The molecule has 0 bridgehead atoms. The zero-order valence-electron chi connectivity index (χ0n) is 19.3. The number of carbonyl (C=O) groups is 1. The highest BCUT2D eigenvalue weighted by molar-refractivity contribution is 5.94. The number of benzene rings is 2. The van der Waals surface area contributed by atoms with Gasteiger partial charge in [-0.05, 0) is 42.7 Å². The SMILES string of the molecule is Cc1c(O[C@H]2C(C)(C)[C@H](NC(=O)c3ccc(C(C)C)cc3)C2(C)C)ccc(C#N)c1F. The van der Waals surface area contributed by atoms with Gasteiger partial charge in [0.25, 0.3) is 5.91 Å². The maximum atomic E-state index is 14.4. The molecule has 3 rings (SSSR count). The summed E-state index contributed by atoms with van der Waals surface area (Å²) in [6.07, 6.45) is -0.236. The summed E-state index contributed by atoms with van der Waals surface area (Å²) < 4.78 is 20.6. The van der Waals surface area contributed by atoms with E-state index in [1.165, 1.54) is 11.6 Å². The van der Waals surface area contributed by atoms with Crippen LogP contribution in [0.1, 0.15) is 74.5 Å². The summed E-state index contributed by atoms with van der Waals surface area (Å²) in [6.45, 7) is 14.0. The third-order valence-electron chi connectivity index (χ3n) is 6.66. The number of nitrogens with one attached hydrogen (secondary N) is 1. The summed E-state index contributed by atoms with van der Waals surface area (Å²) in [4.78, 5) is 12.9. The summed E-state index contributed by atoms with van der Waals surface area (Å²) in [7, 11) is 0. The van der Waals surface area contributed by atoms with Crippen LogP contribution in [-0.2, 0) is 0 Å². The van der Waals surface area contributed by atoms with E-state index < -0.39 is 5.82 Å². The largest absolute Gasteiger partial charge is 0.489 e. The molecule has 1 fully saturated rings. The molecule has 0 saturated heterocycles. The van der Waals surface area contributed by atoms with Gasteiger partial charge in [-0.15, -0.1) is 0 Å². The number of nitrogens with zero attached hydrogens (tertiary/aromatic N) is 1. The van der Waals surface area contributed by atoms with Gasteiger partial charge in [-0.25, -0.2) is 4.39 Å². The first-order valence-corrected chi connectivity index (χ1v) is 10.7. The summed E-state index contributed by atoms with van der Waals surface area (Å²) >= 11 is 0. The van der Waals surface area contributed by atoms with Gasteiger partial charge in [-0.2, -0.15) is 5.26 Å². The van der Waals surface area contributed by atoms with E-state index >= 15 is 0 Å². The van der Waals surface area contributed by atoms with Crippen molar-refractivity contribution in [3.05, 3.63) is 64.5 Å². The highest BCUT2D eigenvalue weighted by atomic mass is 19.1. The van der Waals surface area contributed by atoms with Gasteiger partial charge < -0.3 is 10.1 Å². The number of hydrogen-bond donors (Lipinski definition) is 1. The fraction of sp³-hybridized carbons (Fsp3) is 0.462. The van der Waals surface area contributed by atoms with Crippen LogP contribution in [0.3, 0.4) is 0 Å². The Kier molecular flexibility index (Phi) is 5.88. The highest BCUT2D eigenvalue weighted by Gasteiger charge is 2.64. The molecule has 1 amide bonds. The second-order valence-electron chi connectivity index (χ2n) is 9.99. The van der Waals surface area contributed by atoms with Crippen molar-refractivity contribution in [3.8, 4) is 11.8 Å². The molecule has 0 aromatic heterocycles. The lowest BCUT2D eigenvalue weighted by atomic mass is 9.49. The first-order chi connectivity index (χ1) is 14.4. The van der Waals surface area contributed by atoms with Crippen molar-refractivity contribution in [2.24, 2.45) is 10.8 Å². The van der Waals surface area contributed by atoms with E-state index in [0.29, 0.717) is 22.8 Å². The minimum absolute atomic E-state index is 0.00519. The maximum absolute atomic E-state index is 14.4. The second-order valence-corrected chi connectivity index (χ2v) is 9.99. The van der Waals surface area contributed by atoms with Crippen molar-refractivity contribution in [1.29, 1.82) is 5.26 Å². The number of halogens is 1. The molecule has 1 aliphatic rings. The first-order valence-electron chi connectivity index (χ1n) is 10.7. The van der Waals surface area contributed by atoms with Crippen LogP contribution in [0, 0.1) is 34.9 Å². The molecule has 0 radical (unpaired) electrons. The smallest absolute Gasteiger partial charge is 0.251 e. The van der Waals surface area contributed by atoms with Gasteiger partial charge >= 0.3 is 0 Å². The molecule has 164 valence electrons. The third-order valence-corrected chi connectivity index (χ3v) is 6.66. The number of ether oxygens (including phenoxy) is 1. The van der Waals surface area contributed by atoms with Gasteiger partial charge in [-0.1, -0.05) is 53.7 Å². The Labute approximate surface area is 184 Å². The molecule has 1 saturated carbocycles. The lowest BCUT2D eigenvalue weighted by Gasteiger charge is -2.63. The Hall–Kier alpha value is -2.87. The molecule has 0 spiro atoms. The Morgan fingerprint density at radius 1 is 1.10 bits per heavy atom. The predicted octanol–water partition coefficient (Wildman–Crippen LogP) is 5.74. The molecule has 0 aliphatic heterocycles. The highest BCUT2D eigenvalue weighted by Crippen LogP contribution is 2.55. The molecule has 5 heteroatoms. The molecule has 1 N–H and O–H groups in total. The number of rotatable bonds is 5. The van der Waals surface area contributed by atoms with E-state index in [2.05, 4.69) is 19.2 Å². The van der Waals surface area contributed by atoms with Crippen LogP contribution in [0.25, 0.3) is 0 Å². The average Bonchev–Trinajstić information content (AvgIpc) is 2.72. The Bertz CT molecular complexity index is 1020. The molecule has 2 aromatic rings. The van der Waals surface area contributed by atoms with Gasteiger partial charge in [0.1, 0.15) is 23.7 Å². The number of carbonyl (C=O) groups excluding carboxylic acids is 1. The van der Waals surface area contributed by atoms with E-state index in [9.17, 15) is 9.18 Å². The molecule has 1 aliphatic carbocycles. The maximum Gasteiger partial charge on any atom is 0.251 e. The van der Waals surface area contributed by atoms with Gasteiger partial charge in [0.15, 0.2) is 0 Å². The lowest BCUT2D eigenvalue weighted by Crippen LogP contribution is -2.74. The zero-order chi connectivity index (χ0) is 23.1. The monoisotopic (exact) mass is 422 g/mol. The lowest BCUT2D eigenvalue weighted by molar-refractivity contribution is -0.164. The van der Waals surface area contributed by atoms with Gasteiger partial charge in [0.2, 0.25) is 0 Å². The van der Waals surface area contributed by atoms with Crippen LogP contribution >= 0.6 is 0 Å². The van der Waals surface area contributed by atoms with Crippen molar-refractivity contribution < 1.29 is 13.9 Å². The van der Waals surface area contributed by atoms with Gasteiger partial charge in [-0.3, -0.25) is 4.79 Å². The summed E-state index contributed by atoms with van der Waals surface area (Å²) in [5.74, 6) is 0.178. The van der Waals surface area contributed by atoms with E-state index in [1.54, 1.807) is 13.0 Å². The van der Waals surface area contributed by atoms with E-state index in [4.69, 9.17) is 10.00 Å². The van der Waals surface area contributed by atoms with Gasteiger partial charge in [0, 0.05) is 28.0 Å². The van der Waals surface area contributed by atoms with Crippen LogP contribution in [-0.4, -0.2) is 18.1 Å². The summed E-state index contributed by atoms with van der Waals surface area (Å²) in [5.41, 5.74) is 1.42. The molecule has 31 heavy (non-hydrogen) atoms. The molecule has 0 atom stereocenters. The minimum Gasteiger partial charge on any atom is -0.489 e. The molecular weight excluding hydrogens is 391 g/mol. The fourth-order valence-corrected chi connectivity index (χ4v) is 5.04. The van der Waals surface area contributed by atoms with Crippen LogP contribution in [0.5, 0.6) is 5.75 Å². The Morgan fingerprint density at radius 2 is 1.68 bits per heavy atom. The topological polar surface area (TPSA) is 62.1 Å². The molecule has 0 unspecified atom stereocenters. The summed E-state index contributed by atoms with van der Waals surface area (Å²) in [6, 6.07) is 12.5. The average molecular weight is 423 g/mol. The van der Waals surface area contributed by atoms with Crippen molar-refractivity contribution in [1.82, 2.24) is 5.32 Å². The fourth-order valence-electron chi connectivity index (χ4n) is 5.04. The number of nitriles is 1. The van der Waals surface area contributed by atoms with Crippen LogP contribution in [0.15, 0.2) is 36.4 Å².